The van der Waals surface area contributed by atoms with Crippen molar-refractivity contribution in [3.63, 3.8) is 0 Å². The van der Waals surface area contributed by atoms with E-state index in [9.17, 15) is 0 Å². The highest BCUT2D eigenvalue weighted by molar-refractivity contribution is 5.38. The first-order valence-electron chi connectivity index (χ1n) is 4.26. The van der Waals surface area contributed by atoms with Crippen molar-refractivity contribution in [3.8, 4) is 0 Å². The molecule has 0 fully saturated rings. The lowest BCUT2D eigenvalue weighted by atomic mass is 10.5. The molecule has 0 aliphatic rings. The number of aromatic nitrogens is 2. The van der Waals surface area contributed by atoms with Crippen LogP contribution in [0.25, 0.3) is 5.65 Å². The summed E-state index contributed by atoms with van der Waals surface area (Å²) in [5.41, 5.74) is 2.08. The van der Waals surface area contributed by atoms with Crippen molar-refractivity contribution in [2.24, 2.45) is 0 Å². The molecule has 2 heterocycles. The molecular weight excluding hydrogens is 148 g/mol. The van der Waals surface area contributed by atoms with Crippen LogP contribution in [0.5, 0.6) is 0 Å². The van der Waals surface area contributed by atoms with Crippen LogP contribution in [0.1, 0.15) is 19.5 Å². The van der Waals surface area contributed by atoms with Gasteiger partial charge in [0.1, 0.15) is 5.65 Å². The van der Waals surface area contributed by atoms with E-state index in [-0.39, 0.29) is 0 Å². The zero-order valence-electron chi connectivity index (χ0n) is 7.78. The van der Waals surface area contributed by atoms with Gasteiger partial charge >= 0.3 is 0 Å². The number of nitrogens with zero attached hydrogens (tertiary/aromatic N) is 2. The smallest absolute Gasteiger partial charge is 0.136 e. The van der Waals surface area contributed by atoms with E-state index < -0.39 is 0 Å². The topological polar surface area (TPSA) is 17.3 Å². The van der Waals surface area contributed by atoms with Crippen LogP contribution in [-0.2, 0) is 0 Å². The highest BCUT2D eigenvalue weighted by Crippen LogP contribution is 2.01. The van der Waals surface area contributed by atoms with Crippen LogP contribution in [0.3, 0.4) is 0 Å². The Balaban J connectivity index is 0.000000336. The Morgan fingerprint density at radius 2 is 2.00 bits per heavy atom. The van der Waals surface area contributed by atoms with Crippen molar-refractivity contribution in [2.75, 3.05) is 0 Å². The van der Waals surface area contributed by atoms with Gasteiger partial charge in [0.15, 0.2) is 0 Å². The predicted octanol–water partition coefficient (Wildman–Crippen LogP) is 2.67. The van der Waals surface area contributed by atoms with E-state index in [1.807, 2.05) is 55.8 Å². The standard InChI is InChI=1S/C8H8N2.C2H6/c1-7-6-10-5-3-2-4-8(10)9-7;1-2/h2-6H,1H3;1-2H3. The van der Waals surface area contributed by atoms with Crippen molar-refractivity contribution < 1.29 is 0 Å². The average molecular weight is 162 g/mol. The summed E-state index contributed by atoms with van der Waals surface area (Å²) in [4.78, 5) is 4.28. The van der Waals surface area contributed by atoms with E-state index in [0.29, 0.717) is 0 Å². The second-order valence-electron chi connectivity index (χ2n) is 2.35. The number of hydrogen-bond donors (Lipinski definition) is 0. The Morgan fingerprint density at radius 1 is 1.25 bits per heavy atom. The minimum Gasteiger partial charge on any atom is -0.307 e. The molecule has 0 saturated heterocycles. The molecule has 2 aromatic heterocycles. The Labute approximate surface area is 72.9 Å². The maximum atomic E-state index is 4.28. The summed E-state index contributed by atoms with van der Waals surface area (Å²) in [6.07, 6.45) is 4.00. The molecule has 0 N–H and O–H groups in total. The van der Waals surface area contributed by atoms with Crippen molar-refractivity contribution in [1.29, 1.82) is 0 Å². The normalized spacial score (nSPS) is 9.25. The van der Waals surface area contributed by atoms with Crippen LogP contribution in [0, 0.1) is 6.92 Å². The lowest BCUT2D eigenvalue weighted by Gasteiger charge is -1.86. The third kappa shape index (κ3) is 1.64. The molecule has 0 aliphatic carbocycles. The predicted molar refractivity (Wildman–Crippen MR) is 51.3 cm³/mol. The van der Waals surface area contributed by atoms with E-state index in [0.717, 1.165) is 11.3 Å². The average Bonchev–Trinajstić information content (AvgIpc) is 2.48. The second kappa shape index (κ2) is 3.90. The van der Waals surface area contributed by atoms with Gasteiger partial charge in [-0.15, -0.1) is 0 Å². The van der Waals surface area contributed by atoms with Gasteiger partial charge < -0.3 is 4.40 Å². The summed E-state index contributed by atoms with van der Waals surface area (Å²) in [5.74, 6) is 0. The lowest BCUT2D eigenvalue weighted by molar-refractivity contribution is 1.18. The van der Waals surface area contributed by atoms with E-state index in [1.165, 1.54) is 0 Å². The van der Waals surface area contributed by atoms with E-state index in [1.54, 1.807) is 0 Å². The quantitative estimate of drug-likeness (QED) is 0.582. The molecule has 2 rings (SSSR count). The van der Waals surface area contributed by atoms with Crippen molar-refractivity contribution in [2.45, 2.75) is 20.8 Å². The molecule has 0 radical (unpaired) electrons. The zero-order chi connectivity index (χ0) is 8.97. The Bertz CT molecular complexity index is 316. The van der Waals surface area contributed by atoms with Gasteiger partial charge in [0.25, 0.3) is 0 Å². The monoisotopic (exact) mass is 162 g/mol. The molecule has 0 saturated carbocycles. The SMILES string of the molecule is CC.Cc1cn2ccccc2n1. The van der Waals surface area contributed by atoms with Crippen LogP contribution in [-0.4, -0.2) is 9.38 Å². The van der Waals surface area contributed by atoms with E-state index in [4.69, 9.17) is 0 Å². The molecule has 0 amide bonds. The number of imidazole rings is 1. The number of pyridine rings is 1. The van der Waals surface area contributed by atoms with Gasteiger partial charge in [0, 0.05) is 12.4 Å². The molecule has 0 bridgehead atoms. The summed E-state index contributed by atoms with van der Waals surface area (Å²) in [5, 5.41) is 0. The first-order valence-corrected chi connectivity index (χ1v) is 4.26. The fraction of sp³-hybridized carbons (Fsp3) is 0.300. The number of fused-ring (bicyclic) bond motifs is 1. The van der Waals surface area contributed by atoms with Gasteiger partial charge in [-0.2, -0.15) is 0 Å². The maximum absolute atomic E-state index is 4.28. The Morgan fingerprint density at radius 3 is 2.67 bits per heavy atom. The molecule has 0 spiro atoms. The maximum Gasteiger partial charge on any atom is 0.136 e. The molecule has 2 nitrogen and oxygen atoms in total. The highest BCUT2D eigenvalue weighted by Gasteiger charge is 1.92. The molecule has 0 aromatic carbocycles. The molecule has 2 heteroatoms. The molecule has 12 heavy (non-hydrogen) atoms. The Kier molecular flexibility index (Phi) is 2.86. The second-order valence-corrected chi connectivity index (χ2v) is 2.35. The van der Waals surface area contributed by atoms with Crippen molar-refractivity contribution >= 4 is 5.65 Å². The third-order valence-electron chi connectivity index (χ3n) is 1.48. The first-order chi connectivity index (χ1) is 5.86. The van der Waals surface area contributed by atoms with Crippen LogP contribution in [0.4, 0.5) is 0 Å². The summed E-state index contributed by atoms with van der Waals surface area (Å²) in [7, 11) is 0. The van der Waals surface area contributed by atoms with Gasteiger partial charge in [0.05, 0.1) is 5.69 Å². The minimum absolute atomic E-state index is 1.01. The molecule has 0 atom stereocenters. The van der Waals surface area contributed by atoms with Crippen LogP contribution in [0.2, 0.25) is 0 Å². The van der Waals surface area contributed by atoms with Gasteiger partial charge in [-0.25, -0.2) is 4.98 Å². The number of rotatable bonds is 0. The molecule has 2 aromatic rings. The number of hydrogen-bond acceptors (Lipinski definition) is 1. The summed E-state index contributed by atoms with van der Waals surface area (Å²) in [6.45, 7) is 5.99. The van der Waals surface area contributed by atoms with Gasteiger partial charge in [-0.05, 0) is 19.1 Å². The van der Waals surface area contributed by atoms with E-state index >= 15 is 0 Å². The van der Waals surface area contributed by atoms with E-state index in [2.05, 4.69) is 4.98 Å². The summed E-state index contributed by atoms with van der Waals surface area (Å²) < 4.78 is 2.01. The van der Waals surface area contributed by atoms with Crippen LogP contribution in [0.15, 0.2) is 30.6 Å². The fourth-order valence-corrected chi connectivity index (χ4v) is 1.06. The van der Waals surface area contributed by atoms with Crippen molar-refractivity contribution in [3.05, 3.63) is 36.3 Å². The van der Waals surface area contributed by atoms with Gasteiger partial charge in [-0.1, -0.05) is 19.9 Å². The van der Waals surface area contributed by atoms with Crippen LogP contribution < -0.4 is 0 Å². The summed E-state index contributed by atoms with van der Waals surface area (Å²) >= 11 is 0. The Hall–Kier alpha value is -1.31. The largest absolute Gasteiger partial charge is 0.307 e. The van der Waals surface area contributed by atoms with Gasteiger partial charge in [-0.3, -0.25) is 0 Å². The molecule has 0 aliphatic heterocycles. The fourth-order valence-electron chi connectivity index (χ4n) is 1.06. The van der Waals surface area contributed by atoms with Crippen LogP contribution >= 0.6 is 0 Å². The lowest BCUT2D eigenvalue weighted by Crippen LogP contribution is -1.77. The minimum atomic E-state index is 1.01. The molecule has 64 valence electrons. The highest BCUT2D eigenvalue weighted by atomic mass is 15.0. The number of aryl methyl sites for hydroxylation is 1. The van der Waals surface area contributed by atoms with Crippen molar-refractivity contribution in [1.82, 2.24) is 9.38 Å². The zero-order valence-corrected chi connectivity index (χ0v) is 7.78. The molecule has 0 unspecified atom stereocenters. The third-order valence-corrected chi connectivity index (χ3v) is 1.48. The first kappa shape index (κ1) is 8.78. The van der Waals surface area contributed by atoms with Gasteiger partial charge in [0.2, 0.25) is 0 Å². The molecular formula is C10H14N2. The summed E-state index contributed by atoms with van der Waals surface area (Å²) in [6, 6.07) is 5.98.